The molecule has 0 saturated carbocycles. The van der Waals surface area contributed by atoms with Crippen LogP contribution in [0.4, 0.5) is 0 Å². The molecule has 0 radical (unpaired) electrons. The van der Waals surface area contributed by atoms with Gasteiger partial charge in [0, 0.05) is 28.9 Å². The Bertz CT molecular complexity index is 275. The van der Waals surface area contributed by atoms with Gasteiger partial charge in [0.1, 0.15) is 0 Å². The predicted molar refractivity (Wildman–Crippen MR) is 66.8 cm³/mol. The first-order valence-electron chi connectivity index (χ1n) is 5.81. The molecule has 2 N–H and O–H groups in total. The van der Waals surface area contributed by atoms with Crippen LogP contribution in [-0.4, -0.2) is 40.3 Å². The topological polar surface area (TPSA) is 58.2 Å². The summed E-state index contributed by atoms with van der Waals surface area (Å²) in [4.78, 5) is 12.0. The smallest absolute Gasteiger partial charge is 0.240 e. The van der Waals surface area contributed by atoms with E-state index in [0.29, 0.717) is 6.54 Å². The zero-order valence-electron chi connectivity index (χ0n) is 10.3. The van der Waals surface area contributed by atoms with Gasteiger partial charge in [0.05, 0.1) is 5.54 Å². The zero-order valence-corrected chi connectivity index (χ0v) is 11.2. The fourth-order valence-electron chi connectivity index (χ4n) is 1.80. The van der Waals surface area contributed by atoms with Crippen molar-refractivity contribution in [2.45, 2.75) is 43.9 Å². The number of carbonyl (C=O) groups is 1. The van der Waals surface area contributed by atoms with Crippen LogP contribution < -0.4 is 10.6 Å². The number of amides is 1. The van der Waals surface area contributed by atoms with Crippen LogP contribution >= 0.6 is 0 Å². The summed E-state index contributed by atoms with van der Waals surface area (Å²) in [5.74, 6) is 0.0319. The first-order valence-corrected chi connectivity index (χ1v) is 7.43. The lowest BCUT2D eigenvalue weighted by atomic mass is 9.90. The van der Waals surface area contributed by atoms with Gasteiger partial charge in [-0.1, -0.05) is 0 Å². The average molecular weight is 246 g/mol. The minimum Gasteiger partial charge on any atom is -0.353 e. The molecule has 1 saturated heterocycles. The van der Waals surface area contributed by atoms with Crippen LogP contribution in [0.1, 0.15) is 33.1 Å². The van der Waals surface area contributed by atoms with Gasteiger partial charge >= 0.3 is 0 Å². The highest BCUT2D eigenvalue weighted by Crippen LogP contribution is 2.18. The maximum atomic E-state index is 12.0. The van der Waals surface area contributed by atoms with Crippen molar-refractivity contribution < 1.29 is 9.00 Å². The van der Waals surface area contributed by atoms with E-state index >= 15 is 0 Å². The SMILES string of the molecule is CC(CNC(=O)C1(C)CCCCN1)S(C)=O. The van der Waals surface area contributed by atoms with Crippen molar-refractivity contribution in [1.82, 2.24) is 10.6 Å². The predicted octanol–water partition coefficient (Wildman–Crippen LogP) is 0.402. The number of hydrogen-bond acceptors (Lipinski definition) is 3. The van der Waals surface area contributed by atoms with Crippen LogP contribution in [0, 0.1) is 0 Å². The van der Waals surface area contributed by atoms with Crippen molar-refractivity contribution in [2.75, 3.05) is 19.3 Å². The molecule has 0 aliphatic carbocycles. The van der Waals surface area contributed by atoms with Crippen molar-refractivity contribution in [1.29, 1.82) is 0 Å². The van der Waals surface area contributed by atoms with Gasteiger partial charge in [0.2, 0.25) is 5.91 Å². The van der Waals surface area contributed by atoms with E-state index in [0.717, 1.165) is 25.8 Å². The summed E-state index contributed by atoms with van der Waals surface area (Å²) in [6.07, 6.45) is 4.77. The Balaban J connectivity index is 2.42. The Morgan fingerprint density at radius 3 is 2.75 bits per heavy atom. The molecule has 1 aliphatic heterocycles. The van der Waals surface area contributed by atoms with Crippen molar-refractivity contribution in [2.24, 2.45) is 0 Å². The summed E-state index contributed by atoms with van der Waals surface area (Å²) < 4.78 is 11.2. The van der Waals surface area contributed by atoms with E-state index in [9.17, 15) is 9.00 Å². The van der Waals surface area contributed by atoms with Gasteiger partial charge in [-0.05, 0) is 39.7 Å². The van der Waals surface area contributed by atoms with Crippen molar-refractivity contribution in [3.8, 4) is 0 Å². The molecule has 0 aromatic carbocycles. The zero-order chi connectivity index (χ0) is 12.2. The highest BCUT2D eigenvalue weighted by Gasteiger charge is 2.34. The van der Waals surface area contributed by atoms with Gasteiger partial charge in [-0.2, -0.15) is 0 Å². The molecule has 4 nitrogen and oxygen atoms in total. The van der Waals surface area contributed by atoms with E-state index in [1.807, 2.05) is 13.8 Å². The molecule has 1 aliphatic rings. The molecule has 0 spiro atoms. The lowest BCUT2D eigenvalue weighted by Gasteiger charge is -2.33. The maximum Gasteiger partial charge on any atom is 0.240 e. The number of piperidine rings is 1. The molecule has 5 heteroatoms. The number of nitrogens with one attached hydrogen (secondary N) is 2. The molecule has 16 heavy (non-hydrogen) atoms. The standard InChI is InChI=1S/C11H22N2O2S/c1-9(16(3)15)8-12-10(14)11(2)6-4-5-7-13-11/h9,13H,4-8H2,1-3H3,(H,12,14). The highest BCUT2D eigenvalue weighted by molar-refractivity contribution is 7.84. The summed E-state index contributed by atoms with van der Waals surface area (Å²) in [5, 5.41) is 6.15. The minimum absolute atomic E-state index is 0.0103. The molecule has 0 aromatic rings. The number of hydrogen-bond donors (Lipinski definition) is 2. The lowest BCUT2D eigenvalue weighted by molar-refractivity contribution is -0.127. The number of carbonyl (C=O) groups excluding carboxylic acids is 1. The molecule has 1 heterocycles. The summed E-state index contributed by atoms with van der Waals surface area (Å²) in [6.45, 7) is 5.21. The lowest BCUT2D eigenvalue weighted by Crippen LogP contribution is -2.57. The normalized spacial score (nSPS) is 29.4. The summed E-state index contributed by atoms with van der Waals surface area (Å²) in [7, 11) is -0.880. The Morgan fingerprint density at radius 2 is 2.25 bits per heavy atom. The fourth-order valence-corrected chi connectivity index (χ4v) is 2.12. The van der Waals surface area contributed by atoms with E-state index in [-0.39, 0.29) is 11.2 Å². The molecular formula is C11H22N2O2S. The van der Waals surface area contributed by atoms with E-state index in [4.69, 9.17) is 0 Å². The van der Waals surface area contributed by atoms with E-state index in [2.05, 4.69) is 10.6 Å². The molecule has 0 aromatic heterocycles. The Kier molecular flexibility index (Phi) is 4.92. The molecule has 94 valence electrons. The second-order valence-corrected chi connectivity index (χ2v) is 6.54. The van der Waals surface area contributed by atoms with Gasteiger partial charge in [-0.15, -0.1) is 0 Å². The number of rotatable bonds is 4. The molecule has 3 unspecified atom stereocenters. The largest absolute Gasteiger partial charge is 0.353 e. The third-order valence-corrected chi connectivity index (χ3v) is 4.54. The van der Waals surface area contributed by atoms with Gasteiger partial charge in [-0.25, -0.2) is 0 Å². The Hall–Kier alpha value is -0.420. The van der Waals surface area contributed by atoms with Gasteiger partial charge in [-0.3, -0.25) is 9.00 Å². The van der Waals surface area contributed by atoms with E-state index in [1.165, 1.54) is 0 Å². The van der Waals surface area contributed by atoms with Crippen LogP contribution in [-0.2, 0) is 15.6 Å². The van der Waals surface area contributed by atoms with Crippen molar-refractivity contribution in [3.63, 3.8) is 0 Å². The van der Waals surface area contributed by atoms with Crippen LogP contribution in [0.2, 0.25) is 0 Å². The second-order valence-electron chi connectivity index (χ2n) is 4.74. The molecule has 3 atom stereocenters. The third-order valence-electron chi connectivity index (χ3n) is 3.24. The van der Waals surface area contributed by atoms with E-state index in [1.54, 1.807) is 6.26 Å². The molecule has 1 amide bonds. The van der Waals surface area contributed by atoms with Crippen LogP contribution in [0.25, 0.3) is 0 Å². The first-order chi connectivity index (χ1) is 7.46. The van der Waals surface area contributed by atoms with Crippen LogP contribution in [0.15, 0.2) is 0 Å². The van der Waals surface area contributed by atoms with Crippen LogP contribution in [0.5, 0.6) is 0 Å². The van der Waals surface area contributed by atoms with Gasteiger partial charge < -0.3 is 10.6 Å². The Morgan fingerprint density at radius 1 is 1.56 bits per heavy atom. The summed E-state index contributed by atoms with van der Waals surface area (Å²) >= 11 is 0. The minimum atomic E-state index is -0.880. The monoisotopic (exact) mass is 246 g/mol. The van der Waals surface area contributed by atoms with Crippen molar-refractivity contribution in [3.05, 3.63) is 0 Å². The summed E-state index contributed by atoms with van der Waals surface area (Å²) in [5.41, 5.74) is -0.437. The third kappa shape index (κ3) is 3.56. The molecule has 0 bridgehead atoms. The molecule has 1 fully saturated rings. The van der Waals surface area contributed by atoms with Gasteiger partial charge in [0.15, 0.2) is 0 Å². The van der Waals surface area contributed by atoms with Gasteiger partial charge in [0.25, 0.3) is 0 Å². The molecular weight excluding hydrogens is 224 g/mol. The molecule has 1 rings (SSSR count). The maximum absolute atomic E-state index is 12.0. The summed E-state index contributed by atoms with van der Waals surface area (Å²) in [6, 6.07) is 0. The van der Waals surface area contributed by atoms with E-state index < -0.39 is 16.3 Å². The fraction of sp³-hybridized carbons (Fsp3) is 0.909. The second kappa shape index (κ2) is 5.77. The first kappa shape index (κ1) is 13.6. The average Bonchev–Trinajstić information content (AvgIpc) is 2.26. The van der Waals surface area contributed by atoms with Crippen LogP contribution in [0.3, 0.4) is 0 Å². The van der Waals surface area contributed by atoms with Crippen molar-refractivity contribution >= 4 is 16.7 Å². The quantitative estimate of drug-likeness (QED) is 0.755. The Labute approximate surface area is 100 Å². The highest BCUT2D eigenvalue weighted by atomic mass is 32.2.